The highest BCUT2D eigenvalue weighted by Gasteiger charge is 2.18. The molecule has 3 rings (SSSR count). The third-order valence-corrected chi connectivity index (χ3v) is 4.28. The van der Waals surface area contributed by atoms with Gasteiger partial charge in [0.25, 0.3) is 0 Å². The number of nitrogens with zero attached hydrogens (tertiary/aromatic N) is 1. The van der Waals surface area contributed by atoms with E-state index in [0.717, 1.165) is 30.5 Å². The third kappa shape index (κ3) is 2.98. The highest BCUT2D eigenvalue weighted by molar-refractivity contribution is 7.80. The monoisotopic (exact) mass is 337 g/mol. The summed E-state index contributed by atoms with van der Waals surface area (Å²) in [6.07, 6.45) is 3.11. The summed E-state index contributed by atoms with van der Waals surface area (Å²) < 4.78 is 0. The molecule has 0 radical (unpaired) electrons. The Morgan fingerprint density at radius 1 is 1.24 bits per heavy atom. The largest absolute Gasteiger partial charge is 0.389 e. The van der Waals surface area contributed by atoms with Crippen LogP contribution in [-0.4, -0.2) is 9.97 Å². The SMILES string of the molecule is NC(=S)c1cc2c(nc1Nc1cc(Cl)ccc1Cl)CCC2. The van der Waals surface area contributed by atoms with Gasteiger partial charge in [-0.05, 0) is 49.1 Å². The maximum Gasteiger partial charge on any atom is 0.140 e. The van der Waals surface area contributed by atoms with E-state index in [0.29, 0.717) is 26.5 Å². The molecule has 21 heavy (non-hydrogen) atoms. The van der Waals surface area contributed by atoms with E-state index in [9.17, 15) is 0 Å². The molecular weight excluding hydrogens is 325 g/mol. The van der Waals surface area contributed by atoms with Crippen LogP contribution in [0.5, 0.6) is 0 Å². The summed E-state index contributed by atoms with van der Waals surface area (Å²) in [6, 6.07) is 7.25. The normalized spacial score (nSPS) is 13.0. The van der Waals surface area contributed by atoms with Crippen molar-refractivity contribution in [3.8, 4) is 0 Å². The lowest BCUT2D eigenvalue weighted by Crippen LogP contribution is -2.14. The number of halogens is 2. The van der Waals surface area contributed by atoms with Gasteiger partial charge >= 0.3 is 0 Å². The Kier molecular flexibility index (Phi) is 4.02. The number of fused-ring (bicyclic) bond motifs is 1. The molecule has 0 unspecified atom stereocenters. The highest BCUT2D eigenvalue weighted by atomic mass is 35.5. The average Bonchev–Trinajstić information content (AvgIpc) is 2.89. The van der Waals surface area contributed by atoms with Crippen molar-refractivity contribution < 1.29 is 0 Å². The minimum absolute atomic E-state index is 0.317. The zero-order valence-corrected chi connectivity index (χ0v) is 13.4. The molecule has 0 atom stereocenters. The van der Waals surface area contributed by atoms with Crippen molar-refractivity contribution in [1.82, 2.24) is 4.98 Å². The van der Waals surface area contributed by atoms with Crippen molar-refractivity contribution in [2.24, 2.45) is 5.73 Å². The van der Waals surface area contributed by atoms with Crippen LogP contribution >= 0.6 is 35.4 Å². The van der Waals surface area contributed by atoms with Crippen molar-refractivity contribution >= 4 is 51.9 Å². The van der Waals surface area contributed by atoms with Crippen molar-refractivity contribution in [2.45, 2.75) is 19.3 Å². The minimum Gasteiger partial charge on any atom is -0.389 e. The fraction of sp³-hybridized carbons (Fsp3) is 0.200. The molecule has 0 amide bonds. The van der Waals surface area contributed by atoms with Crippen molar-refractivity contribution in [3.05, 3.63) is 51.1 Å². The maximum absolute atomic E-state index is 6.18. The number of hydrogen-bond donors (Lipinski definition) is 2. The van der Waals surface area contributed by atoms with Crippen molar-refractivity contribution in [3.63, 3.8) is 0 Å². The molecule has 108 valence electrons. The van der Waals surface area contributed by atoms with E-state index in [-0.39, 0.29) is 0 Å². The molecule has 0 saturated heterocycles. The number of nitrogens with one attached hydrogen (secondary N) is 1. The summed E-state index contributed by atoms with van der Waals surface area (Å²) in [7, 11) is 0. The lowest BCUT2D eigenvalue weighted by Gasteiger charge is -2.14. The molecule has 1 aromatic carbocycles. The van der Waals surface area contributed by atoms with Gasteiger partial charge in [-0.25, -0.2) is 4.98 Å². The Hall–Kier alpha value is -1.36. The average molecular weight is 338 g/mol. The zero-order valence-electron chi connectivity index (χ0n) is 11.1. The van der Waals surface area contributed by atoms with Gasteiger partial charge in [-0.2, -0.15) is 0 Å². The molecule has 1 aromatic heterocycles. The van der Waals surface area contributed by atoms with E-state index in [1.807, 2.05) is 6.07 Å². The molecular formula is C15H13Cl2N3S. The van der Waals surface area contributed by atoms with Crippen LogP contribution in [0.4, 0.5) is 11.5 Å². The second-order valence-electron chi connectivity index (χ2n) is 4.96. The van der Waals surface area contributed by atoms with Gasteiger partial charge in [0.1, 0.15) is 10.8 Å². The fourth-order valence-corrected chi connectivity index (χ4v) is 2.97. The summed E-state index contributed by atoms with van der Waals surface area (Å²) in [5, 5.41) is 4.36. The second kappa shape index (κ2) is 5.79. The number of aromatic nitrogens is 1. The first-order chi connectivity index (χ1) is 10.0. The Morgan fingerprint density at radius 3 is 2.81 bits per heavy atom. The molecule has 3 N–H and O–H groups in total. The summed E-state index contributed by atoms with van der Waals surface area (Å²) in [6.45, 7) is 0. The van der Waals surface area contributed by atoms with Crippen LogP contribution in [-0.2, 0) is 12.8 Å². The van der Waals surface area contributed by atoms with Gasteiger partial charge in [0.15, 0.2) is 0 Å². The first-order valence-corrected chi connectivity index (χ1v) is 7.75. The van der Waals surface area contributed by atoms with Crippen LogP contribution < -0.4 is 11.1 Å². The number of aryl methyl sites for hydroxylation is 2. The van der Waals surface area contributed by atoms with E-state index < -0.39 is 0 Å². The number of benzene rings is 1. The Morgan fingerprint density at radius 2 is 2.05 bits per heavy atom. The van der Waals surface area contributed by atoms with Gasteiger partial charge in [-0.1, -0.05) is 35.4 Å². The number of thiocarbonyl (C=S) groups is 1. The molecule has 1 aliphatic rings. The summed E-state index contributed by atoms with van der Waals surface area (Å²) in [5.74, 6) is 0.632. The van der Waals surface area contributed by atoms with Gasteiger partial charge in [0.05, 0.1) is 16.3 Å². The molecule has 0 aliphatic heterocycles. The first kappa shape index (κ1) is 14.6. The fourth-order valence-electron chi connectivity index (χ4n) is 2.48. The molecule has 3 nitrogen and oxygen atoms in total. The molecule has 1 aliphatic carbocycles. The molecule has 2 aromatic rings. The molecule has 0 spiro atoms. The number of nitrogens with two attached hydrogens (primary N) is 1. The van der Waals surface area contributed by atoms with Crippen LogP contribution in [0.15, 0.2) is 24.3 Å². The topological polar surface area (TPSA) is 50.9 Å². The second-order valence-corrected chi connectivity index (χ2v) is 6.24. The van der Waals surface area contributed by atoms with E-state index in [1.54, 1.807) is 18.2 Å². The number of rotatable bonds is 3. The van der Waals surface area contributed by atoms with Gasteiger partial charge in [0, 0.05) is 10.7 Å². The molecule has 0 fully saturated rings. The zero-order chi connectivity index (χ0) is 15.0. The van der Waals surface area contributed by atoms with E-state index in [1.165, 1.54) is 5.56 Å². The number of anilines is 2. The van der Waals surface area contributed by atoms with Crippen LogP contribution in [0.25, 0.3) is 0 Å². The Bertz CT molecular complexity index is 731. The quantitative estimate of drug-likeness (QED) is 0.822. The summed E-state index contributed by atoms with van der Waals surface area (Å²) in [5.41, 5.74) is 9.56. The lowest BCUT2D eigenvalue weighted by atomic mass is 10.1. The standard InChI is InChI=1S/C15H13Cl2N3S/c16-9-4-5-11(17)13(7-9)20-15-10(14(18)21)6-8-2-1-3-12(8)19-15/h4-7H,1-3H2,(H2,18,21)(H,19,20). The predicted octanol–water partition coefficient (Wildman–Crippen LogP) is 4.25. The Balaban J connectivity index is 2.05. The van der Waals surface area contributed by atoms with E-state index >= 15 is 0 Å². The molecule has 1 heterocycles. The number of hydrogen-bond acceptors (Lipinski definition) is 3. The molecule has 0 bridgehead atoms. The van der Waals surface area contributed by atoms with Crippen molar-refractivity contribution in [2.75, 3.05) is 5.32 Å². The minimum atomic E-state index is 0.317. The Labute approximate surface area is 138 Å². The van der Waals surface area contributed by atoms with Gasteiger partial charge in [-0.15, -0.1) is 0 Å². The van der Waals surface area contributed by atoms with Crippen LogP contribution in [0.2, 0.25) is 10.0 Å². The lowest BCUT2D eigenvalue weighted by molar-refractivity contribution is 0.900. The van der Waals surface area contributed by atoms with Crippen LogP contribution in [0.1, 0.15) is 23.2 Å². The molecule has 6 heteroatoms. The summed E-state index contributed by atoms with van der Waals surface area (Å²) in [4.78, 5) is 4.98. The van der Waals surface area contributed by atoms with E-state index in [4.69, 9.17) is 41.2 Å². The van der Waals surface area contributed by atoms with Crippen molar-refractivity contribution in [1.29, 1.82) is 0 Å². The van der Waals surface area contributed by atoms with Gasteiger partial charge in [0.2, 0.25) is 0 Å². The van der Waals surface area contributed by atoms with Gasteiger partial charge in [-0.3, -0.25) is 0 Å². The van der Waals surface area contributed by atoms with Crippen LogP contribution in [0.3, 0.4) is 0 Å². The smallest absolute Gasteiger partial charge is 0.140 e. The highest BCUT2D eigenvalue weighted by Crippen LogP contribution is 2.31. The van der Waals surface area contributed by atoms with Crippen LogP contribution in [0, 0.1) is 0 Å². The van der Waals surface area contributed by atoms with Gasteiger partial charge < -0.3 is 11.1 Å². The van der Waals surface area contributed by atoms with E-state index in [2.05, 4.69) is 10.3 Å². The molecule has 0 saturated carbocycles. The maximum atomic E-state index is 6.18. The summed E-state index contributed by atoms with van der Waals surface area (Å²) >= 11 is 17.3. The first-order valence-electron chi connectivity index (χ1n) is 6.59. The number of pyridine rings is 1. The predicted molar refractivity (Wildman–Crippen MR) is 91.9 cm³/mol. The third-order valence-electron chi connectivity index (χ3n) is 3.50.